The number of pyridine rings is 4. The lowest BCUT2D eigenvalue weighted by molar-refractivity contribution is 0.0690. The number of nitrogens with one attached hydrogen (secondary N) is 1. The predicted octanol–water partition coefficient (Wildman–Crippen LogP) is 5.34. The maximum atomic E-state index is 12.3. The number of hydrogen-bond acceptors (Lipinski definition) is 12. The molecule has 8 N–H and O–H groups in total. The van der Waals surface area contributed by atoms with Crippen LogP contribution in [0.15, 0.2) is 122 Å². The Bertz CT molecular complexity index is 2850. The number of carbonyl (C=O) groups excluding carboxylic acids is 1. The Balaban J connectivity index is 0.000000180. The van der Waals surface area contributed by atoms with Crippen molar-refractivity contribution in [2.24, 2.45) is 5.73 Å². The number of carboxylic acid groups (broad SMARTS) is 1. The van der Waals surface area contributed by atoms with Crippen molar-refractivity contribution >= 4 is 45.1 Å². The van der Waals surface area contributed by atoms with E-state index in [0.29, 0.717) is 36.0 Å². The summed E-state index contributed by atoms with van der Waals surface area (Å²) in [4.78, 5) is 43.5. The molecule has 59 heavy (non-hydrogen) atoms. The van der Waals surface area contributed by atoms with Crippen LogP contribution in [0.5, 0.6) is 0 Å². The summed E-state index contributed by atoms with van der Waals surface area (Å²) in [5, 5.41) is 30.2. The first kappa shape index (κ1) is 40.1. The minimum atomic E-state index is -1.08. The first-order valence-corrected chi connectivity index (χ1v) is 17.9. The van der Waals surface area contributed by atoms with Crippen molar-refractivity contribution in [1.82, 2.24) is 44.8 Å². The van der Waals surface area contributed by atoms with Crippen molar-refractivity contribution in [3.63, 3.8) is 0 Å². The Morgan fingerprint density at radius 2 is 1.25 bits per heavy atom. The number of nitrogens with zero attached hydrogens (tertiary/aromatic N) is 10. The van der Waals surface area contributed by atoms with Gasteiger partial charge in [-0.25, -0.2) is 30.7 Å². The molecule has 17 nitrogen and oxygen atoms in total. The minimum Gasteiger partial charge on any atom is -0.477 e. The van der Waals surface area contributed by atoms with Crippen LogP contribution in [0.3, 0.4) is 0 Å². The van der Waals surface area contributed by atoms with Gasteiger partial charge in [-0.1, -0.05) is 36.4 Å². The summed E-state index contributed by atoms with van der Waals surface area (Å²) in [7, 11) is 0. The van der Waals surface area contributed by atoms with Crippen LogP contribution in [0, 0.1) is 17.9 Å². The molecule has 0 bridgehead atoms. The highest BCUT2D eigenvalue weighted by Gasteiger charge is 2.14. The minimum absolute atomic E-state index is 0.0302. The van der Waals surface area contributed by atoms with E-state index in [1.54, 1.807) is 76.9 Å². The normalized spacial score (nSPS) is 10.4. The van der Waals surface area contributed by atoms with Crippen LogP contribution in [-0.2, 0) is 0 Å². The summed E-state index contributed by atoms with van der Waals surface area (Å²) in [5.74, 6) is -0.429. The van der Waals surface area contributed by atoms with Gasteiger partial charge in [0.25, 0.3) is 5.91 Å². The molecule has 8 aromatic rings. The second-order valence-corrected chi connectivity index (χ2v) is 12.6. The van der Waals surface area contributed by atoms with Gasteiger partial charge >= 0.3 is 5.97 Å². The van der Waals surface area contributed by atoms with Gasteiger partial charge in [-0.3, -0.25) is 14.8 Å². The molecular formula is C42H36N14O3. The Labute approximate surface area is 337 Å². The van der Waals surface area contributed by atoms with Gasteiger partial charge in [-0.15, -0.1) is 0 Å². The van der Waals surface area contributed by atoms with Gasteiger partial charge in [-0.2, -0.15) is 15.5 Å². The van der Waals surface area contributed by atoms with Crippen LogP contribution in [0.25, 0.3) is 60.5 Å². The highest BCUT2D eigenvalue weighted by molar-refractivity contribution is 5.93. The van der Waals surface area contributed by atoms with Gasteiger partial charge in [-0.05, 0) is 59.7 Å². The molecule has 0 unspecified atom stereocenters. The highest BCUT2D eigenvalue weighted by atomic mass is 16.4. The van der Waals surface area contributed by atoms with Crippen LogP contribution >= 0.6 is 0 Å². The van der Waals surface area contributed by atoms with Gasteiger partial charge in [0.2, 0.25) is 6.54 Å². The average Bonchev–Trinajstić information content (AvgIpc) is 3.89. The fraction of sp³-hybridized carbons (Fsp3) is 0.0952. The molecule has 17 heteroatoms. The molecule has 0 radical (unpaired) electrons. The van der Waals surface area contributed by atoms with Gasteiger partial charge < -0.3 is 32.5 Å². The van der Waals surface area contributed by atoms with Crippen molar-refractivity contribution in [2.75, 3.05) is 31.1 Å². The summed E-state index contributed by atoms with van der Waals surface area (Å²) in [5.41, 5.74) is 23.3. The molecule has 0 fully saturated rings. The number of fused-ring (bicyclic) bond motifs is 2. The zero-order valence-electron chi connectivity index (χ0n) is 31.3. The molecule has 0 spiro atoms. The van der Waals surface area contributed by atoms with Crippen molar-refractivity contribution in [3.8, 4) is 40.0 Å². The number of rotatable bonds is 9. The molecule has 0 saturated carbocycles. The molecule has 0 aliphatic heterocycles. The Kier molecular flexibility index (Phi) is 12.8. The van der Waals surface area contributed by atoms with Gasteiger partial charge in [0.05, 0.1) is 47.4 Å². The third kappa shape index (κ3) is 9.83. The molecular weight excluding hydrogens is 749 g/mol. The number of hydrogen-bond donors (Lipinski definition) is 5. The van der Waals surface area contributed by atoms with E-state index in [2.05, 4.69) is 40.3 Å². The van der Waals surface area contributed by atoms with E-state index in [1.807, 2.05) is 54.6 Å². The zero-order valence-corrected chi connectivity index (χ0v) is 31.3. The number of nitrogen functional groups attached to an aromatic ring is 2. The smallest absolute Gasteiger partial charge is 0.354 e. The van der Waals surface area contributed by atoms with E-state index in [4.69, 9.17) is 34.1 Å². The molecule has 292 valence electrons. The fourth-order valence-corrected chi connectivity index (χ4v) is 5.70. The Morgan fingerprint density at radius 3 is 1.71 bits per heavy atom. The first-order chi connectivity index (χ1) is 28.7. The van der Waals surface area contributed by atoms with Crippen LogP contribution in [0.2, 0.25) is 0 Å². The third-order valence-electron chi connectivity index (χ3n) is 8.45. The molecule has 0 atom stereocenters. The number of carbonyl (C=O) groups is 2. The summed E-state index contributed by atoms with van der Waals surface area (Å²) >= 11 is 0. The lowest BCUT2D eigenvalue weighted by atomic mass is 10.1. The van der Waals surface area contributed by atoms with E-state index >= 15 is 0 Å². The number of nitriles is 1. The van der Waals surface area contributed by atoms with E-state index < -0.39 is 5.97 Å². The Hall–Kier alpha value is -8.54. The zero-order chi connectivity index (χ0) is 41.7. The van der Waals surface area contributed by atoms with Crippen LogP contribution in [-0.4, -0.2) is 76.1 Å². The molecule has 0 aliphatic carbocycles. The first-order valence-electron chi connectivity index (χ1n) is 17.9. The molecule has 6 heterocycles. The van der Waals surface area contributed by atoms with E-state index in [9.17, 15) is 9.59 Å². The topological polar surface area (TPSA) is 260 Å². The molecule has 2 aromatic carbocycles. The average molecular weight is 785 g/mol. The maximum absolute atomic E-state index is 12.3. The number of benzene rings is 2. The van der Waals surface area contributed by atoms with Crippen molar-refractivity contribution < 1.29 is 14.7 Å². The predicted molar refractivity (Wildman–Crippen MR) is 223 cm³/mol. The quantitative estimate of drug-likeness (QED) is 0.0916. The van der Waals surface area contributed by atoms with Crippen molar-refractivity contribution in [1.29, 1.82) is 5.26 Å². The number of carboxylic acids is 1. The van der Waals surface area contributed by atoms with Gasteiger partial charge in [0, 0.05) is 59.7 Å². The lowest BCUT2D eigenvalue weighted by Gasteiger charge is -2.07. The summed E-state index contributed by atoms with van der Waals surface area (Å²) in [6.07, 6.45) is 10.6. The number of anilines is 2. The number of nitrogens with two attached hydrogens (primary N) is 3. The van der Waals surface area contributed by atoms with Crippen molar-refractivity contribution in [3.05, 3.63) is 145 Å². The second kappa shape index (κ2) is 18.9. The number of amides is 1. The van der Waals surface area contributed by atoms with E-state index in [1.165, 1.54) is 6.07 Å². The van der Waals surface area contributed by atoms with Crippen molar-refractivity contribution in [2.45, 2.75) is 6.42 Å². The fourth-order valence-electron chi connectivity index (χ4n) is 5.70. The maximum Gasteiger partial charge on any atom is 0.354 e. The van der Waals surface area contributed by atoms with E-state index in [-0.39, 0.29) is 30.4 Å². The summed E-state index contributed by atoms with van der Waals surface area (Å²) < 4.78 is 3.31. The molecule has 1 amide bonds. The molecule has 6 aromatic heterocycles. The monoisotopic (exact) mass is 784 g/mol. The highest BCUT2D eigenvalue weighted by Crippen LogP contribution is 2.28. The number of aromatic carboxylic acids is 1. The SMILES string of the molecule is N#CCCN.Nc1cncc(-c2ccc3cnn(-c4cccc(C(=O)O)n4)c3c2)c1.[C-]#[N+]CCNC(=O)c1cccc(-n2ncc3ccc(-c4cncc(N)c4)cc32)n1. The second-order valence-electron chi connectivity index (χ2n) is 12.6. The Morgan fingerprint density at radius 1 is 0.729 bits per heavy atom. The molecule has 0 saturated heterocycles. The number of aromatic nitrogens is 8. The van der Waals surface area contributed by atoms with Crippen LogP contribution < -0.4 is 22.5 Å². The molecule has 0 aliphatic rings. The summed E-state index contributed by atoms with van der Waals surface area (Å²) in [6, 6.07) is 27.4. The largest absolute Gasteiger partial charge is 0.477 e. The lowest BCUT2D eigenvalue weighted by Crippen LogP contribution is -2.26. The third-order valence-corrected chi connectivity index (χ3v) is 8.45. The van der Waals surface area contributed by atoms with Crippen LogP contribution in [0.1, 0.15) is 27.4 Å². The standard InChI is InChI=1S/C21H17N7O.C18H13N5O2.C3H6N2/c1-23-7-8-25-21(29)18-3-2-4-20(27-18)28-19-10-14(5-6-15(19)12-26-28)16-9-17(22)13-24-11-16;19-14-6-13(8-20-10-14)11-4-5-12-9-21-23(16(12)7-11)17-3-1-2-15(22-17)18(24)25;4-2-1-3-5/h2-6,9-13H,7-8,22H2,(H,25,29);1-10H,19H2,(H,24,25);1-2,4H2. The summed E-state index contributed by atoms with van der Waals surface area (Å²) in [6.45, 7) is 7.79. The van der Waals surface area contributed by atoms with E-state index in [0.717, 1.165) is 44.1 Å². The van der Waals surface area contributed by atoms with Gasteiger partial charge in [0.15, 0.2) is 17.3 Å². The molecule has 8 rings (SSSR count). The van der Waals surface area contributed by atoms with Gasteiger partial charge in [0.1, 0.15) is 5.69 Å². The van der Waals surface area contributed by atoms with Crippen LogP contribution in [0.4, 0.5) is 11.4 Å².